The lowest BCUT2D eigenvalue weighted by atomic mass is 10.0. The molecule has 0 aliphatic carbocycles. The fourth-order valence-corrected chi connectivity index (χ4v) is 1.15. The largest absolute Gasteiger partial charge is 0.284 e. The van der Waals surface area contributed by atoms with E-state index in [0.717, 1.165) is 29.8 Å². The average Bonchev–Trinajstić information content (AvgIpc) is 2.04. The summed E-state index contributed by atoms with van der Waals surface area (Å²) in [5, 5.41) is 0. The van der Waals surface area contributed by atoms with Crippen molar-refractivity contribution in [3.8, 4) is 0 Å². The second kappa shape index (κ2) is 3.33. The summed E-state index contributed by atoms with van der Waals surface area (Å²) in [5.41, 5.74) is 3.22. The number of allylic oxidation sites excluding steroid dienone is 3. The molecule has 0 aromatic heterocycles. The minimum absolute atomic E-state index is 0.887. The fourth-order valence-electron chi connectivity index (χ4n) is 1.15. The lowest BCUT2D eigenvalue weighted by Gasteiger charge is -2.11. The first-order chi connectivity index (χ1) is 5.25. The molecule has 0 saturated heterocycles. The fraction of sp³-hybridized carbons (Fsp3) is 0.300. The molecule has 1 nitrogen and oxygen atoms in total. The summed E-state index contributed by atoms with van der Waals surface area (Å²) in [6, 6.07) is 0. The molecule has 0 bridgehead atoms. The standard InChI is InChI=1S/C10H13N/c1-4-10-9(8(2)3)6-5-7-11-10/h4,6H,1-2,5,7H2,3H3. The third kappa shape index (κ3) is 1.67. The maximum Gasteiger partial charge on any atom is 0.0640 e. The van der Waals surface area contributed by atoms with Crippen LogP contribution in [0.15, 0.2) is 41.4 Å². The summed E-state index contributed by atoms with van der Waals surface area (Å²) in [7, 11) is 0. The van der Waals surface area contributed by atoms with Crippen LogP contribution in [0.5, 0.6) is 0 Å². The Morgan fingerprint density at radius 1 is 1.73 bits per heavy atom. The smallest absolute Gasteiger partial charge is 0.0640 e. The number of aliphatic imine (C=N–C) groups is 1. The maximum absolute atomic E-state index is 4.32. The van der Waals surface area contributed by atoms with Gasteiger partial charge in [-0.3, -0.25) is 4.99 Å². The van der Waals surface area contributed by atoms with Crippen molar-refractivity contribution >= 4 is 5.71 Å². The van der Waals surface area contributed by atoms with E-state index in [1.165, 1.54) is 0 Å². The monoisotopic (exact) mass is 147 g/mol. The molecule has 1 heterocycles. The topological polar surface area (TPSA) is 12.4 Å². The zero-order valence-corrected chi connectivity index (χ0v) is 6.93. The Balaban J connectivity index is 2.92. The first kappa shape index (κ1) is 7.99. The lowest BCUT2D eigenvalue weighted by molar-refractivity contribution is 0.983. The van der Waals surface area contributed by atoms with Crippen LogP contribution in [-0.4, -0.2) is 12.3 Å². The van der Waals surface area contributed by atoms with Gasteiger partial charge in [0.15, 0.2) is 0 Å². The van der Waals surface area contributed by atoms with E-state index in [-0.39, 0.29) is 0 Å². The normalized spacial score (nSPS) is 16.8. The first-order valence-electron chi connectivity index (χ1n) is 3.79. The van der Waals surface area contributed by atoms with Gasteiger partial charge in [-0.25, -0.2) is 0 Å². The van der Waals surface area contributed by atoms with Crippen molar-refractivity contribution in [3.63, 3.8) is 0 Å². The van der Waals surface area contributed by atoms with E-state index in [9.17, 15) is 0 Å². The Kier molecular flexibility index (Phi) is 2.42. The van der Waals surface area contributed by atoms with Crippen LogP contribution in [0.4, 0.5) is 0 Å². The van der Waals surface area contributed by atoms with Crippen molar-refractivity contribution in [1.29, 1.82) is 0 Å². The van der Waals surface area contributed by atoms with Gasteiger partial charge in [-0.2, -0.15) is 0 Å². The Bertz CT molecular complexity index is 244. The molecule has 0 aromatic carbocycles. The van der Waals surface area contributed by atoms with E-state index in [1.54, 1.807) is 6.08 Å². The van der Waals surface area contributed by atoms with Gasteiger partial charge in [0.05, 0.1) is 5.71 Å². The van der Waals surface area contributed by atoms with Crippen molar-refractivity contribution in [2.45, 2.75) is 13.3 Å². The van der Waals surface area contributed by atoms with Gasteiger partial charge in [0.1, 0.15) is 0 Å². The molecular formula is C10H13N. The highest BCUT2D eigenvalue weighted by atomic mass is 14.7. The molecule has 0 radical (unpaired) electrons. The van der Waals surface area contributed by atoms with Crippen LogP contribution in [0.3, 0.4) is 0 Å². The van der Waals surface area contributed by atoms with Gasteiger partial charge in [0.2, 0.25) is 0 Å². The molecule has 0 aromatic rings. The summed E-state index contributed by atoms with van der Waals surface area (Å²) in [5.74, 6) is 0. The van der Waals surface area contributed by atoms with Crippen LogP contribution in [0.25, 0.3) is 0 Å². The number of hydrogen-bond donors (Lipinski definition) is 0. The Morgan fingerprint density at radius 3 is 2.91 bits per heavy atom. The van der Waals surface area contributed by atoms with E-state index in [0.29, 0.717) is 0 Å². The molecule has 0 saturated carbocycles. The molecule has 0 atom stereocenters. The molecule has 1 aliphatic heterocycles. The minimum Gasteiger partial charge on any atom is -0.284 e. The van der Waals surface area contributed by atoms with Crippen molar-refractivity contribution < 1.29 is 0 Å². The van der Waals surface area contributed by atoms with Gasteiger partial charge >= 0.3 is 0 Å². The molecule has 0 amide bonds. The Morgan fingerprint density at radius 2 is 2.45 bits per heavy atom. The van der Waals surface area contributed by atoms with Crippen LogP contribution in [0.1, 0.15) is 13.3 Å². The Labute approximate surface area is 67.8 Å². The summed E-state index contributed by atoms with van der Waals surface area (Å²) >= 11 is 0. The van der Waals surface area contributed by atoms with Gasteiger partial charge in [0.25, 0.3) is 0 Å². The highest BCUT2D eigenvalue weighted by Gasteiger charge is 2.06. The zero-order valence-electron chi connectivity index (χ0n) is 6.93. The number of nitrogens with zero attached hydrogens (tertiary/aromatic N) is 1. The number of hydrogen-bond acceptors (Lipinski definition) is 1. The first-order valence-corrected chi connectivity index (χ1v) is 3.79. The second-order valence-electron chi connectivity index (χ2n) is 2.66. The lowest BCUT2D eigenvalue weighted by Crippen LogP contribution is -2.05. The summed E-state index contributed by atoms with van der Waals surface area (Å²) in [6.07, 6.45) is 4.99. The number of dihydropyridines is 1. The molecule has 0 N–H and O–H groups in total. The van der Waals surface area contributed by atoms with Crippen LogP contribution in [0.2, 0.25) is 0 Å². The summed E-state index contributed by atoms with van der Waals surface area (Å²) in [6.45, 7) is 10.5. The van der Waals surface area contributed by atoms with E-state index in [2.05, 4.69) is 24.2 Å². The van der Waals surface area contributed by atoms with Crippen molar-refractivity contribution in [2.75, 3.05) is 6.54 Å². The van der Waals surface area contributed by atoms with Crippen LogP contribution >= 0.6 is 0 Å². The predicted molar refractivity (Wildman–Crippen MR) is 50.0 cm³/mol. The van der Waals surface area contributed by atoms with Crippen molar-refractivity contribution in [2.24, 2.45) is 4.99 Å². The third-order valence-corrected chi connectivity index (χ3v) is 1.69. The van der Waals surface area contributed by atoms with E-state index >= 15 is 0 Å². The molecule has 58 valence electrons. The Hall–Kier alpha value is -1.11. The van der Waals surface area contributed by atoms with Crippen LogP contribution < -0.4 is 0 Å². The van der Waals surface area contributed by atoms with Crippen molar-refractivity contribution in [1.82, 2.24) is 0 Å². The molecular weight excluding hydrogens is 134 g/mol. The van der Waals surface area contributed by atoms with E-state index in [1.807, 2.05) is 6.92 Å². The van der Waals surface area contributed by atoms with E-state index in [4.69, 9.17) is 0 Å². The van der Waals surface area contributed by atoms with Crippen molar-refractivity contribution in [3.05, 3.63) is 36.5 Å². The van der Waals surface area contributed by atoms with Gasteiger partial charge in [-0.1, -0.05) is 19.2 Å². The SMILES string of the molecule is C=CC1=NCCC=C1C(=C)C. The minimum atomic E-state index is 0.887. The summed E-state index contributed by atoms with van der Waals surface area (Å²) < 4.78 is 0. The van der Waals surface area contributed by atoms with Crippen LogP contribution in [-0.2, 0) is 0 Å². The average molecular weight is 147 g/mol. The third-order valence-electron chi connectivity index (χ3n) is 1.69. The quantitative estimate of drug-likeness (QED) is 0.569. The molecule has 1 rings (SSSR count). The predicted octanol–water partition coefficient (Wildman–Crippen LogP) is 2.52. The maximum atomic E-state index is 4.32. The molecule has 0 unspecified atom stereocenters. The van der Waals surface area contributed by atoms with Gasteiger partial charge in [0, 0.05) is 6.54 Å². The molecule has 11 heavy (non-hydrogen) atoms. The van der Waals surface area contributed by atoms with Crippen LogP contribution in [0, 0.1) is 0 Å². The van der Waals surface area contributed by atoms with Gasteiger partial charge < -0.3 is 0 Å². The molecule has 1 heteroatoms. The summed E-state index contributed by atoms with van der Waals surface area (Å²) in [4.78, 5) is 4.32. The molecule has 0 fully saturated rings. The molecule has 1 aliphatic rings. The second-order valence-corrected chi connectivity index (χ2v) is 2.66. The van der Waals surface area contributed by atoms with E-state index < -0.39 is 0 Å². The molecule has 0 spiro atoms. The zero-order chi connectivity index (χ0) is 8.27. The van der Waals surface area contributed by atoms with Gasteiger partial charge in [-0.05, 0) is 30.6 Å². The highest BCUT2D eigenvalue weighted by molar-refractivity contribution is 6.11. The van der Waals surface area contributed by atoms with Gasteiger partial charge in [-0.15, -0.1) is 0 Å². The number of rotatable bonds is 2. The highest BCUT2D eigenvalue weighted by Crippen LogP contribution is 2.14.